The van der Waals surface area contributed by atoms with Gasteiger partial charge in [-0.05, 0) is 44.2 Å². The second-order valence-electron chi connectivity index (χ2n) is 6.32. The van der Waals surface area contributed by atoms with E-state index in [4.69, 9.17) is 0 Å². The molecule has 0 atom stereocenters. The van der Waals surface area contributed by atoms with E-state index in [1.54, 1.807) is 12.4 Å². The van der Waals surface area contributed by atoms with Crippen molar-refractivity contribution in [3.05, 3.63) is 47.3 Å². The van der Waals surface area contributed by atoms with E-state index in [0.717, 1.165) is 31.7 Å². The highest BCUT2D eigenvalue weighted by atomic mass is 16.1. The summed E-state index contributed by atoms with van der Waals surface area (Å²) < 4.78 is 0. The maximum atomic E-state index is 12.3. The van der Waals surface area contributed by atoms with Crippen LogP contribution in [0, 0.1) is 13.8 Å². The van der Waals surface area contributed by atoms with E-state index in [1.165, 1.54) is 5.56 Å². The first-order valence-corrected chi connectivity index (χ1v) is 8.17. The first-order valence-electron chi connectivity index (χ1n) is 8.17. The Hall–Kier alpha value is -2.47. The first-order chi connectivity index (χ1) is 11.5. The van der Waals surface area contributed by atoms with Crippen LogP contribution >= 0.6 is 0 Å². The molecule has 1 amide bonds. The number of nitrogens with zero attached hydrogens (tertiary/aromatic N) is 4. The van der Waals surface area contributed by atoms with Crippen molar-refractivity contribution in [1.82, 2.24) is 14.9 Å². The molecule has 2 aromatic rings. The summed E-state index contributed by atoms with van der Waals surface area (Å²) in [5.74, 6) is 0.571. The number of benzene rings is 1. The lowest BCUT2D eigenvalue weighted by atomic mass is 10.1. The Morgan fingerprint density at radius 3 is 2.33 bits per heavy atom. The fraction of sp³-hybridized carbons (Fsp3) is 0.389. The minimum absolute atomic E-state index is 0.144. The van der Waals surface area contributed by atoms with Crippen LogP contribution in [-0.4, -0.2) is 54.0 Å². The average Bonchev–Trinajstić information content (AvgIpc) is 2.59. The summed E-state index contributed by atoms with van der Waals surface area (Å²) in [6.45, 7) is 7.89. The SMILES string of the molecule is Cc1ccc(C(=O)Nc2cnc(N3CCN(C)CC3)nc2)cc1C. The monoisotopic (exact) mass is 325 g/mol. The van der Waals surface area contributed by atoms with Gasteiger partial charge in [0.25, 0.3) is 5.91 Å². The van der Waals surface area contributed by atoms with Crippen molar-refractivity contribution >= 4 is 17.5 Å². The van der Waals surface area contributed by atoms with Crippen LogP contribution in [0.5, 0.6) is 0 Å². The van der Waals surface area contributed by atoms with Gasteiger partial charge in [-0.2, -0.15) is 0 Å². The van der Waals surface area contributed by atoms with Gasteiger partial charge in [0.15, 0.2) is 0 Å². The van der Waals surface area contributed by atoms with E-state index >= 15 is 0 Å². The van der Waals surface area contributed by atoms with Crippen molar-refractivity contribution in [1.29, 1.82) is 0 Å². The number of amides is 1. The van der Waals surface area contributed by atoms with Crippen LogP contribution in [0.2, 0.25) is 0 Å². The first kappa shape index (κ1) is 16.4. The number of anilines is 2. The number of rotatable bonds is 3. The molecule has 1 saturated heterocycles. The Morgan fingerprint density at radius 1 is 1.04 bits per heavy atom. The largest absolute Gasteiger partial charge is 0.338 e. The third kappa shape index (κ3) is 3.71. The van der Waals surface area contributed by atoms with E-state index < -0.39 is 0 Å². The summed E-state index contributed by atoms with van der Waals surface area (Å²) in [5, 5.41) is 2.85. The topological polar surface area (TPSA) is 61.4 Å². The van der Waals surface area contributed by atoms with Gasteiger partial charge in [0.05, 0.1) is 18.1 Å². The molecule has 0 spiro atoms. The lowest BCUT2D eigenvalue weighted by Gasteiger charge is -2.32. The normalized spacial score (nSPS) is 15.4. The second-order valence-corrected chi connectivity index (χ2v) is 6.32. The number of nitrogens with one attached hydrogen (secondary N) is 1. The van der Waals surface area contributed by atoms with Crippen molar-refractivity contribution in [2.75, 3.05) is 43.4 Å². The predicted octanol–water partition coefficient (Wildman–Crippen LogP) is 2.10. The van der Waals surface area contributed by atoms with Crippen molar-refractivity contribution in [3.8, 4) is 0 Å². The van der Waals surface area contributed by atoms with E-state index in [2.05, 4.69) is 32.1 Å². The standard InChI is InChI=1S/C18H23N5O/c1-13-4-5-15(10-14(13)2)17(24)21-16-11-19-18(20-12-16)23-8-6-22(3)7-9-23/h4-5,10-12H,6-9H2,1-3H3,(H,21,24). The fourth-order valence-corrected chi connectivity index (χ4v) is 2.64. The summed E-state index contributed by atoms with van der Waals surface area (Å²) >= 11 is 0. The van der Waals surface area contributed by atoms with Crippen LogP contribution < -0.4 is 10.2 Å². The van der Waals surface area contributed by atoms with Crippen LogP contribution in [0.1, 0.15) is 21.5 Å². The molecule has 0 radical (unpaired) electrons. The Balaban J connectivity index is 1.65. The van der Waals surface area contributed by atoms with Crippen LogP contribution in [0.25, 0.3) is 0 Å². The highest BCUT2D eigenvalue weighted by Gasteiger charge is 2.16. The average molecular weight is 325 g/mol. The van der Waals surface area contributed by atoms with Gasteiger partial charge in [-0.1, -0.05) is 6.07 Å². The van der Waals surface area contributed by atoms with Crippen LogP contribution in [-0.2, 0) is 0 Å². The zero-order chi connectivity index (χ0) is 17.1. The molecule has 1 aromatic heterocycles. The Kier molecular flexibility index (Phi) is 4.76. The van der Waals surface area contributed by atoms with Gasteiger partial charge < -0.3 is 15.1 Å². The lowest BCUT2D eigenvalue weighted by molar-refractivity contribution is 0.102. The Bertz CT molecular complexity index is 721. The van der Waals surface area contributed by atoms with E-state index in [1.807, 2.05) is 32.0 Å². The van der Waals surface area contributed by atoms with Gasteiger partial charge in [-0.25, -0.2) is 9.97 Å². The maximum absolute atomic E-state index is 12.3. The molecule has 1 N–H and O–H groups in total. The molecule has 2 heterocycles. The van der Waals surface area contributed by atoms with Crippen molar-refractivity contribution in [2.24, 2.45) is 0 Å². The number of piperazine rings is 1. The molecule has 6 heteroatoms. The third-order valence-electron chi connectivity index (χ3n) is 4.45. The predicted molar refractivity (Wildman–Crippen MR) is 95.6 cm³/mol. The van der Waals surface area contributed by atoms with Crippen molar-refractivity contribution in [3.63, 3.8) is 0 Å². The minimum atomic E-state index is -0.144. The highest BCUT2D eigenvalue weighted by Crippen LogP contribution is 2.15. The maximum Gasteiger partial charge on any atom is 0.255 e. The molecule has 0 bridgehead atoms. The zero-order valence-corrected chi connectivity index (χ0v) is 14.4. The highest BCUT2D eigenvalue weighted by molar-refractivity contribution is 6.04. The quantitative estimate of drug-likeness (QED) is 0.936. The van der Waals surface area contributed by atoms with Gasteiger partial charge in [-0.3, -0.25) is 4.79 Å². The smallest absolute Gasteiger partial charge is 0.255 e. The van der Waals surface area contributed by atoms with Crippen LogP contribution in [0.15, 0.2) is 30.6 Å². The molecule has 0 aliphatic carbocycles. The molecular weight excluding hydrogens is 302 g/mol. The number of aryl methyl sites for hydroxylation is 2. The number of likely N-dealkylation sites (N-methyl/N-ethyl adjacent to an activating group) is 1. The van der Waals surface area contributed by atoms with Crippen molar-refractivity contribution < 1.29 is 4.79 Å². The van der Waals surface area contributed by atoms with Gasteiger partial charge in [0.1, 0.15) is 0 Å². The lowest BCUT2D eigenvalue weighted by Crippen LogP contribution is -2.45. The van der Waals surface area contributed by atoms with Crippen molar-refractivity contribution in [2.45, 2.75) is 13.8 Å². The molecule has 0 saturated carbocycles. The zero-order valence-electron chi connectivity index (χ0n) is 14.4. The Morgan fingerprint density at radius 2 is 1.71 bits per heavy atom. The second kappa shape index (κ2) is 6.97. The molecule has 1 aliphatic rings. The number of carbonyl (C=O) groups is 1. The van der Waals surface area contributed by atoms with Gasteiger partial charge in [0, 0.05) is 31.7 Å². The van der Waals surface area contributed by atoms with Gasteiger partial charge in [-0.15, -0.1) is 0 Å². The number of aromatic nitrogens is 2. The molecule has 1 aromatic carbocycles. The number of hydrogen-bond acceptors (Lipinski definition) is 5. The Labute approximate surface area is 142 Å². The molecule has 1 aliphatic heterocycles. The minimum Gasteiger partial charge on any atom is -0.338 e. The number of hydrogen-bond donors (Lipinski definition) is 1. The molecule has 126 valence electrons. The fourth-order valence-electron chi connectivity index (χ4n) is 2.64. The third-order valence-corrected chi connectivity index (χ3v) is 4.45. The molecule has 24 heavy (non-hydrogen) atoms. The van der Waals surface area contributed by atoms with E-state index in [9.17, 15) is 4.79 Å². The molecule has 3 rings (SSSR count). The summed E-state index contributed by atoms with van der Waals surface area (Å²) in [5.41, 5.74) is 3.52. The van der Waals surface area contributed by atoms with Gasteiger partial charge in [0.2, 0.25) is 5.95 Å². The molecule has 6 nitrogen and oxygen atoms in total. The van der Waals surface area contributed by atoms with E-state index in [-0.39, 0.29) is 5.91 Å². The van der Waals surface area contributed by atoms with Crippen LogP contribution in [0.3, 0.4) is 0 Å². The van der Waals surface area contributed by atoms with Crippen LogP contribution in [0.4, 0.5) is 11.6 Å². The molecule has 1 fully saturated rings. The molecule has 0 unspecified atom stereocenters. The molecular formula is C18H23N5O. The number of carbonyl (C=O) groups excluding carboxylic acids is 1. The summed E-state index contributed by atoms with van der Waals surface area (Å²) in [7, 11) is 2.11. The van der Waals surface area contributed by atoms with Gasteiger partial charge >= 0.3 is 0 Å². The van der Waals surface area contributed by atoms with E-state index in [0.29, 0.717) is 17.2 Å². The summed E-state index contributed by atoms with van der Waals surface area (Å²) in [6.07, 6.45) is 3.33. The summed E-state index contributed by atoms with van der Waals surface area (Å²) in [6, 6.07) is 5.68. The summed E-state index contributed by atoms with van der Waals surface area (Å²) in [4.78, 5) is 25.5.